The molecule has 0 saturated carbocycles. The lowest BCUT2D eigenvalue weighted by atomic mass is 10.3. The summed E-state index contributed by atoms with van der Waals surface area (Å²) in [7, 11) is 0. The van der Waals surface area contributed by atoms with Crippen LogP contribution in [0.2, 0.25) is 0 Å². The maximum atomic E-state index is 4.90. The first-order valence-corrected chi connectivity index (χ1v) is 7.91. The van der Waals surface area contributed by atoms with Gasteiger partial charge in [-0.3, -0.25) is 4.40 Å². The fourth-order valence-corrected chi connectivity index (χ4v) is 3.32. The maximum Gasteiger partial charge on any atom is 0.166 e. The third-order valence-electron chi connectivity index (χ3n) is 4.33. The average Bonchev–Trinajstić information content (AvgIpc) is 3.09. The van der Waals surface area contributed by atoms with Gasteiger partial charge in [-0.15, -0.1) is 0 Å². The van der Waals surface area contributed by atoms with E-state index in [1.54, 1.807) is 0 Å². The molecule has 0 aliphatic rings. The molecule has 4 heterocycles. The van der Waals surface area contributed by atoms with Crippen molar-refractivity contribution < 1.29 is 0 Å². The number of fused-ring (bicyclic) bond motifs is 4. The molecule has 0 atom stereocenters. The smallest absolute Gasteiger partial charge is 0.166 e. The second kappa shape index (κ2) is 4.64. The van der Waals surface area contributed by atoms with Gasteiger partial charge in [-0.25, -0.2) is 14.6 Å². The van der Waals surface area contributed by atoms with E-state index in [0.29, 0.717) is 0 Å². The van der Waals surface area contributed by atoms with E-state index in [2.05, 4.69) is 28.6 Å². The van der Waals surface area contributed by atoms with E-state index < -0.39 is 0 Å². The van der Waals surface area contributed by atoms with Crippen molar-refractivity contribution in [3.63, 3.8) is 0 Å². The monoisotopic (exact) mass is 313 g/mol. The van der Waals surface area contributed by atoms with Crippen LogP contribution in [0.15, 0.2) is 54.7 Å². The van der Waals surface area contributed by atoms with Crippen molar-refractivity contribution in [2.24, 2.45) is 0 Å². The molecule has 1 aromatic carbocycles. The van der Waals surface area contributed by atoms with Crippen molar-refractivity contribution in [3.05, 3.63) is 66.1 Å². The summed E-state index contributed by atoms with van der Waals surface area (Å²) in [5.41, 5.74) is 7.61. The molecule has 0 saturated heterocycles. The van der Waals surface area contributed by atoms with Crippen LogP contribution in [0.5, 0.6) is 0 Å². The molecular formula is C19H15N5. The maximum absolute atomic E-state index is 4.90. The highest BCUT2D eigenvalue weighted by atomic mass is 15.3. The van der Waals surface area contributed by atoms with Gasteiger partial charge in [-0.2, -0.15) is 5.10 Å². The van der Waals surface area contributed by atoms with Crippen LogP contribution in [0.1, 0.15) is 11.4 Å². The van der Waals surface area contributed by atoms with Crippen molar-refractivity contribution in [3.8, 4) is 5.69 Å². The van der Waals surface area contributed by atoms with E-state index in [9.17, 15) is 0 Å². The van der Waals surface area contributed by atoms with Crippen molar-refractivity contribution in [1.82, 2.24) is 24.1 Å². The highest BCUT2D eigenvalue weighted by Crippen LogP contribution is 2.29. The summed E-state index contributed by atoms with van der Waals surface area (Å²) < 4.78 is 4.05. The predicted octanol–water partition coefficient (Wildman–Crippen LogP) is 3.84. The van der Waals surface area contributed by atoms with E-state index in [4.69, 9.17) is 9.97 Å². The molecule has 5 heteroatoms. The Morgan fingerprint density at radius 2 is 1.62 bits per heavy atom. The predicted molar refractivity (Wildman–Crippen MR) is 94.6 cm³/mol. The zero-order chi connectivity index (χ0) is 16.3. The highest BCUT2D eigenvalue weighted by molar-refractivity contribution is 5.97. The Balaban J connectivity index is 2.03. The van der Waals surface area contributed by atoms with Gasteiger partial charge in [-0.05, 0) is 44.2 Å². The van der Waals surface area contributed by atoms with Gasteiger partial charge >= 0.3 is 0 Å². The molecule has 5 nitrogen and oxygen atoms in total. The summed E-state index contributed by atoms with van der Waals surface area (Å²) in [6, 6.07) is 16.2. The minimum absolute atomic E-state index is 0.854. The number of nitrogens with zero attached hydrogens (tertiary/aromatic N) is 5. The molecule has 0 aliphatic carbocycles. The van der Waals surface area contributed by atoms with Crippen LogP contribution < -0.4 is 0 Å². The molecule has 0 N–H and O–H groups in total. The van der Waals surface area contributed by atoms with Gasteiger partial charge in [0.2, 0.25) is 0 Å². The van der Waals surface area contributed by atoms with Gasteiger partial charge in [0.05, 0.1) is 22.2 Å². The molecule has 0 bridgehead atoms. The Hall–Kier alpha value is -3.21. The Labute approximate surface area is 138 Å². The Bertz CT molecular complexity index is 1230. The number of aromatic nitrogens is 5. The molecule has 5 aromatic rings. The Morgan fingerprint density at radius 1 is 0.875 bits per heavy atom. The number of hydrogen-bond donors (Lipinski definition) is 0. The topological polar surface area (TPSA) is 48.0 Å². The molecule has 4 aromatic heterocycles. The molecule has 0 aliphatic heterocycles. The second-order valence-electron chi connectivity index (χ2n) is 6.03. The molecule has 0 radical (unpaired) electrons. The lowest BCUT2D eigenvalue weighted by Gasteiger charge is -2.03. The summed E-state index contributed by atoms with van der Waals surface area (Å²) in [5, 5.41) is 4.67. The number of rotatable bonds is 1. The fraction of sp³-hybridized carbons (Fsp3) is 0.105. The van der Waals surface area contributed by atoms with Crippen LogP contribution in [0, 0.1) is 13.8 Å². The third-order valence-corrected chi connectivity index (χ3v) is 4.33. The summed E-state index contributed by atoms with van der Waals surface area (Å²) in [6.07, 6.45) is 2.02. The van der Waals surface area contributed by atoms with Gasteiger partial charge in [-0.1, -0.05) is 18.2 Å². The van der Waals surface area contributed by atoms with Gasteiger partial charge in [0.15, 0.2) is 5.65 Å². The molecule has 0 fully saturated rings. The number of para-hydroxylation sites is 2. The zero-order valence-corrected chi connectivity index (χ0v) is 13.4. The van der Waals surface area contributed by atoms with Gasteiger partial charge in [0.1, 0.15) is 11.2 Å². The quantitative estimate of drug-likeness (QED) is 0.472. The Kier molecular flexibility index (Phi) is 2.56. The van der Waals surface area contributed by atoms with E-state index in [0.717, 1.165) is 44.8 Å². The van der Waals surface area contributed by atoms with E-state index in [1.165, 1.54) is 0 Å². The van der Waals surface area contributed by atoms with Crippen LogP contribution in [-0.4, -0.2) is 24.1 Å². The minimum Gasteiger partial charge on any atom is -0.298 e. The van der Waals surface area contributed by atoms with Gasteiger partial charge in [0.25, 0.3) is 0 Å². The first-order chi connectivity index (χ1) is 11.7. The highest BCUT2D eigenvalue weighted by Gasteiger charge is 2.18. The van der Waals surface area contributed by atoms with Crippen molar-refractivity contribution in [1.29, 1.82) is 0 Å². The number of aryl methyl sites for hydroxylation is 2. The number of hydrogen-bond acceptors (Lipinski definition) is 3. The average molecular weight is 313 g/mol. The van der Waals surface area contributed by atoms with Crippen molar-refractivity contribution in [2.45, 2.75) is 13.8 Å². The first-order valence-electron chi connectivity index (χ1n) is 7.91. The fourth-order valence-electron chi connectivity index (χ4n) is 3.32. The molecule has 0 unspecified atom stereocenters. The molecule has 0 amide bonds. The minimum atomic E-state index is 0.854. The van der Waals surface area contributed by atoms with Crippen molar-refractivity contribution in [2.75, 3.05) is 0 Å². The molecule has 116 valence electrons. The van der Waals surface area contributed by atoms with Crippen LogP contribution in [0.3, 0.4) is 0 Å². The third kappa shape index (κ3) is 1.72. The summed E-state index contributed by atoms with van der Waals surface area (Å²) in [6.45, 7) is 4.07. The summed E-state index contributed by atoms with van der Waals surface area (Å²) >= 11 is 0. The molecule has 0 spiro atoms. The van der Waals surface area contributed by atoms with Gasteiger partial charge in [0, 0.05) is 11.9 Å². The molecule has 5 rings (SSSR count). The van der Waals surface area contributed by atoms with E-state index >= 15 is 0 Å². The van der Waals surface area contributed by atoms with Gasteiger partial charge < -0.3 is 0 Å². The van der Waals surface area contributed by atoms with Crippen LogP contribution in [0.25, 0.3) is 33.4 Å². The van der Waals surface area contributed by atoms with Crippen molar-refractivity contribution >= 4 is 27.7 Å². The van der Waals surface area contributed by atoms with Crippen LogP contribution in [0.4, 0.5) is 0 Å². The molecule has 24 heavy (non-hydrogen) atoms. The zero-order valence-electron chi connectivity index (χ0n) is 13.4. The number of pyridine rings is 1. The summed E-state index contributed by atoms with van der Waals surface area (Å²) in [5.74, 6) is 0. The first kappa shape index (κ1) is 13.2. The summed E-state index contributed by atoms with van der Waals surface area (Å²) in [4.78, 5) is 9.75. The number of benzene rings is 1. The van der Waals surface area contributed by atoms with E-state index in [-0.39, 0.29) is 0 Å². The second-order valence-corrected chi connectivity index (χ2v) is 6.03. The van der Waals surface area contributed by atoms with Crippen LogP contribution >= 0.6 is 0 Å². The van der Waals surface area contributed by atoms with E-state index in [1.807, 2.05) is 54.2 Å². The normalized spacial score (nSPS) is 11.8. The SMILES string of the molecule is Cc1cc(C)n(-c2c3nc4ccccc4nc3n3ccccc23)n1. The van der Waals surface area contributed by atoms with Crippen LogP contribution in [-0.2, 0) is 0 Å². The molecular weight excluding hydrogens is 298 g/mol. The lowest BCUT2D eigenvalue weighted by Crippen LogP contribution is -1.99. The largest absolute Gasteiger partial charge is 0.298 e. The standard InChI is InChI=1S/C19H15N5/c1-12-11-13(2)24(22-12)18-16-9-5-6-10-23(16)19-17(18)20-14-7-3-4-8-15(14)21-19/h3-11H,1-2H3. The lowest BCUT2D eigenvalue weighted by molar-refractivity contribution is 0.843. The Morgan fingerprint density at radius 3 is 2.38 bits per heavy atom.